The number of ether oxygens (including phenoxy) is 1. The van der Waals surface area contributed by atoms with Crippen molar-refractivity contribution in [2.75, 3.05) is 25.1 Å². The molecule has 0 unspecified atom stereocenters. The second kappa shape index (κ2) is 8.03. The van der Waals surface area contributed by atoms with Crippen molar-refractivity contribution >= 4 is 11.6 Å². The van der Waals surface area contributed by atoms with Gasteiger partial charge in [0.15, 0.2) is 0 Å². The van der Waals surface area contributed by atoms with Crippen LogP contribution in [0.5, 0.6) is 5.75 Å². The van der Waals surface area contributed by atoms with E-state index in [1.54, 1.807) is 7.11 Å². The van der Waals surface area contributed by atoms with Crippen LogP contribution in [0.1, 0.15) is 28.8 Å². The molecule has 1 amide bonds. The molecule has 1 aliphatic heterocycles. The Bertz CT molecular complexity index is 690. The normalized spacial score (nSPS) is 15.0. The van der Waals surface area contributed by atoms with E-state index in [0.29, 0.717) is 12.1 Å². The van der Waals surface area contributed by atoms with Gasteiger partial charge in [-0.2, -0.15) is 0 Å². The van der Waals surface area contributed by atoms with Crippen LogP contribution in [-0.2, 0) is 6.54 Å². The predicted molar refractivity (Wildman–Crippen MR) is 98.1 cm³/mol. The average molecular weight is 340 g/mol. The topological polar surface area (TPSA) is 61.8 Å². The van der Waals surface area contributed by atoms with Gasteiger partial charge in [-0.05, 0) is 54.8 Å². The molecule has 0 spiro atoms. The molecule has 3 rings (SSSR count). The van der Waals surface area contributed by atoms with Gasteiger partial charge in [-0.1, -0.05) is 12.1 Å². The Morgan fingerprint density at radius 3 is 2.36 bits per heavy atom. The summed E-state index contributed by atoms with van der Waals surface area (Å²) in [4.78, 5) is 14.5. The maximum Gasteiger partial charge on any atom is 0.251 e. The molecule has 0 saturated carbocycles. The van der Waals surface area contributed by atoms with E-state index in [-0.39, 0.29) is 12.0 Å². The first-order valence-corrected chi connectivity index (χ1v) is 8.60. The molecule has 0 radical (unpaired) electrons. The molecule has 2 aromatic rings. The summed E-state index contributed by atoms with van der Waals surface area (Å²) in [6.45, 7) is 2.18. The third kappa shape index (κ3) is 4.51. The van der Waals surface area contributed by atoms with E-state index in [1.807, 2.05) is 48.5 Å². The molecule has 0 aromatic heterocycles. The Kier molecular flexibility index (Phi) is 5.56. The SMILES string of the molecule is COc1ccc(CNC(=O)c2ccc(N3CCC(O)CC3)cc2)cc1. The van der Waals surface area contributed by atoms with Gasteiger partial charge in [0.2, 0.25) is 0 Å². The number of benzene rings is 2. The van der Waals surface area contributed by atoms with E-state index in [2.05, 4.69) is 10.2 Å². The number of piperidine rings is 1. The number of hydrogen-bond donors (Lipinski definition) is 2. The van der Waals surface area contributed by atoms with Crippen molar-refractivity contribution in [1.29, 1.82) is 0 Å². The van der Waals surface area contributed by atoms with Gasteiger partial charge < -0.3 is 20.1 Å². The van der Waals surface area contributed by atoms with E-state index in [9.17, 15) is 9.90 Å². The number of nitrogens with zero attached hydrogens (tertiary/aromatic N) is 1. The second-order valence-electron chi connectivity index (χ2n) is 6.30. The zero-order valence-corrected chi connectivity index (χ0v) is 14.4. The van der Waals surface area contributed by atoms with Gasteiger partial charge in [0.1, 0.15) is 5.75 Å². The third-order valence-corrected chi connectivity index (χ3v) is 4.57. The molecule has 1 aliphatic rings. The van der Waals surface area contributed by atoms with Crippen molar-refractivity contribution < 1.29 is 14.6 Å². The fourth-order valence-corrected chi connectivity index (χ4v) is 2.98. The molecular weight excluding hydrogens is 316 g/mol. The number of anilines is 1. The maximum absolute atomic E-state index is 12.3. The molecule has 2 N–H and O–H groups in total. The lowest BCUT2D eigenvalue weighted by Crippen LogP contribution is -2.35. The molecule has 5 nitrogen and oxygen atoms in total. The number of hydrogen-bond acceptors (Lipinski definition) is 4. The number of aliphatic hydroxyl groups excluding tert-OH is 1. The highest BCUT2D eigenvalue weighted by Crippen LogP contribution is 2.20. The predicted octanol–water partition coefficient (Wildman–Crippen LogP) is 2.59. The molecule has 0 bridgehead atoms. The number of nitrogens with one attached hydrogen (secondary N) is 1. The Morgan fingerprint density at radius 2 is 1.76 bits per heavy atom. The van der Waals surface area contributed by atoms with Crippen LogP contribution < -0.4 is 15.0 Å². The minimum atomic E-state index is -0.181. The number of carbonyl (C=O) groups is 1. The average Bonchev–Trinajstić information content (AvgIpc) is 2.67. The highest BCUT2D eigenvalue weighted by Gasteiger charge is 2.17. The first-order valence-electron chi connectivity index (χ1n) is 8.60. The molecule has 1 fully saturated rings. The molecule has 132 valence electrons. The van der Waals surface area contributed by atoms with Crippen LogP contribution in [0.15, 0.2) is 48.5 Å². The summed E-state index contributed by atoms with van der Waals surface area (Å²) in [5.41, 5.74) is 2.77. The standard InChI is InChI=1S/C20H24N2O3/c1-25-19-8-2-15(3-9-19)14-21-20(24)16-4-6-17(7-5-16)22-12-10-18(23)11-13-22/h2-9,18,23H,10-14H2,1H3,(H,21,24). The van der Waals surface area contributed by atoms with Crippen LogP contribution in [0.3, 0.4) is 0 Å². The summed E-state index contributed by atoms with van der Waals surface area (Å²) in [6, 6.07) is 15.3. The van der Waals surface area contributed by atoms with Crippen LogP contribution in [-0.4, -0.2) is 37.3 Å². The van der Waals surface area contributed by atoms with Gasteiger partial charge in [0.05, 0.1) is 13.2 Å². The summed E-state index contributed by atoms with van der Waals surface area (Å²) in [5, 5.41) is 12.5. The molecule has 0 atom stereocenters. The Labute approximate surface area is 148 Å². The van der Waals surface area contributed by atoms with Crippen LogP contribution >= 0.6 is 0 Å². The van der Waals surface area contributed by atoms with Crippen molar-refractivity contribution in [1.82, 2.24) is 5.32 Å². The molecule has 1 saturated heterocycles. The summed E-state index contributed by atoms with van der Waals surface area (Å²) in [6.07, 6.45) is 1.41. The van der Waals surface area contributed by atoms with Gasteiger partial charge in [-0.15, -0.1) is 0 Å². The number of carbonyl (C=O) groups excluding carboxylic acids is 1. The van der Waals surface area contributed by atoms with E-state index in [1.165, 1.54) is 0 Å². The number of amides is 1. The van der Waals surface area contributed by atoms with Crippen LogP contribution in [0.2, 0.25) is 0 Å². The molecule has 25 heavy (non-hydrogen) atoms. The van der Waals surface area contributed by atoms with Gasteiger partial charge in [0, 0.05) is 30.9 Å². The Morgan fingerprint density at radius 1 is 1.12 bits per heavy atom. The fourth-order valence-electron chi connectivity index (χ4n) is 2.98. The Hall–Kier alpha value is -2.53. The van der Waals surface area contributed by atoms with Gasteiger partial charge in [-0.3, -0.25) is 4.79 Å². The second-order valence-corrected chi connectivity index (χ2v) is 6.30. The fraction of sp³-hybridized carbons (Fsp3) is 0.350. The van der Waals surface area contributed by atoms with Gasteiger partial charge >= 0.3 is 0 Å². The van der Waals surface area contributed by atoms with Gasteiger partial charge in [0.25, 0.3) is 5.91 Å². The Balaban J connectivity index is 1.55. The van der Waals surface area contributed by atoms with Crippen molar-refractivity contribution in [3.8, 4) is 5.75 Å². The number of methoxy groups -OCH3 is 1. The molecule has 0 aliphatic carbocycles. The van der Waals surface area contributed by atoms with Crippen LogP contribution in [0.4, 0.5) is 5.69 Å². The minimum absolute atomic E-state index is 0.0866. The largest absolute Gasteiger partial charge is 0.497 e. The first kappa shape index (κ1) is 17.3. The van der Waals surface area contributed by atoms with Crippen molar-refractivity contribution in [3.63, 3.8) is 0 Å². The van der Waals surface area contributed by atoms with E-state index < -0.39 is 0 Å². The smallest absolute Gasteiger partial charge is 0.251 e. The highest BCUT2D eigenvalue weighted by atomic mass is 16.5. The lowest BCUT2D eigenvalue weighted by atomic mass is 10.1. The first-order chi connectivity index (χ1) is 12.2. The van der Waals surface area contributed by atoms with Crippen molar-refractivity contribution in [2.45, 2.75) is 25.5 Å². The van der Waals surface area contributed by atoms with Crippen molar-refractivity contribution in [3.05, 3.63) is 59.7 Å². The molecule has 1 heterocycles. The van der Waals surface area contributed by atoms with Crippen molar-refractivity contribution in [2.24, 2.45) is 0 Å². The van der Waals surface area contributed by atoms with Crippen LogP contribution in [0.25, 0.3) is 0 Å². The molecule has 5 heteroatoms. The van der Waals surface area contributed by atoms with E-state index >= 15 is 0 Å². The molecular formula is C20H24N2O3. The third-order valence-electron chi connectivity index (χ3n) is 4.57. The lowest BCUT2D eigenvalue weighted by molar-refractivity contribution is 0.0951. The number of aliphatic hydroxyl groups is 1. The van der Waals surface area contributed by atoms with Crippen LogP contribution in [0, 0.1) is 0 Å². The highest BCUT2D eigenvalue weighted by molar-refractivity contribution is 5.94. The summed E-state index contributed by atoms with van der Waals surface area (Å²) in [7, 11) is 1.63. The monoisotopic (exact) mass is 340 g/mol. The quantitative estimate of drug-likeness (QED) is 0.878. The molecule has 2 aromatic carbocycles. The number of rotatable bonds is 5. The minimum Gasteiger partial charge on any atom is -0.497 e. The van der Waals surface area contributed by atoms with E-state index in [0.717, 1.165) is 42.9 Å². The summed E-state index contributed by atoms with van der Waals surface area (Å²) in [5.74, 6) is 0.715. The summed E-state index contributed by atoms with van der Waals surface area (Å²) < 4.78 is 5.13. The summed E-state index contributed by atoms with van der Waals surface area (Å²) >= 11 is 0. The lowest BCUT2D eigenvalue weighted by Gasteiger charge is -2.31. The zero-order chi connectivity index (χ0) is 17.6. The maximum atomic E-state index is 12.3. The van der Waals surface area contributed by atoms with Gasteiger partial charge in [-0.25, -0.2) is 0 Å². The van der Waals surface area contributed by atoms with E-state index in [4.69, 9.17) is 4.74 Å². The zero-order valence-electron chi connectivity index (χ0n) is 14.4.